The first kappa shape index (κ1) is 20.2. The second-order valence-corrected chi connectivity index (χ2v) is 8.35. The summed E-state index contributed by atoms with van der Waals surface area (Å²) in [6.45, 7) is 8.82. The fourth-order valence-corrected chi connectivity index (χ4v) is 4.62. The van der Waals surface area contributed by atoms with Crippen LogP contribution in [0, 0.1) is 18.3 Å². The molecular formula is C22H23ClN6O. The standard InChI is InChI=1S/C22H23ClN6O/c1-12-5-20(19-9-26-21-17(19)6-16(23)8-25-21)27-22(18(12)7-24)28-10-13(2)29(15(4)30)14(3)11-28/h5-6,8-9,13-14H,10-11H2,1-4H3,(H,25,26)/t13-,14+. The molecule has 0 aromatic carbocycles. The van der Waals surface area contributed by atoms with Crippen LogP contribution < -0.4 is 4.90 Å². The summed E-state index contributed by atoms with van der Waals surface area (Å²) < 4.78 is 0. The number of carbonyl (C=O) groups is 1. The maximum absolute atomic E-state index is 12.0. The average molecular weight is 423 g/mol. The van der Waals surface area contributed by atoms with E-state index >= 15 is 0 Å². The van der Waals surface area contributed by atoms with Crippen molar-refractivity contribution in [2.45, 2.75) is 39.8 Å². The maximum atomic E-state index is 12.0. The van der Waals surface area contributed by atoms with E-state index in [-0.39, 0.29) is 18.0 Å². The second-order valence-electron chi connectivity index (χ2n) is 7.92. The van der Waals surface area contributed by atoms with Crippen molar-refractivity contribution in [1.29, 1.82) is 5.26 Å². The minimum atomic E-state index is 0.0275. The van der Waals surface area contributed by atoms with Gasteiger partial charge in [-0.15, -0.1) is 0 Å². The van der Waals surface area contributed by atoms with Gasteiger partial charge >= 0.3 is 0 Å². The third-order valence-electron chi connectivity index (χ3n) is 5.67. The normalized spacial score (nSPS) is 19.2. The Kier molecular flexibility index (Phi) is 5.12. The molecule has 3 aromatic heterocycles. The molecular weight excluding hydrogens is 400 g/mol. The molecule has 1 N–H and O–H groups in total. The lowest BCUT2D eigenvalue weighted by Crippen LogP contribution is -2.58. The number of H-pyrrole nitrogens is 1. The van der Waals surface area contributed by atoms with E-state index in [9.17, 15) is 10.1 Å². The third-order valence-corrected chi connectivity index (χ3v) is 5.87. The number of nitrogens with zero attached hydrogens (tertiary/aromatic N) is 5. The number of fused-ring (bicyclic) bond motifs is 1. The fourth-order valence-electron chi connectivity index (χ4n) is 4.47. The first-order valence-corrected chi connectivity index (χ1v) is 10.3. The lowest BCUT2D eigenvalue weighted by atomic mass is 10.0. The lowest BCUT2D eigenvalue weighted by molar-refractivity contribution is -0.133. The molecule has 0 spiro atoms. The van der Waals surface area contributed by atoms with E-state index in [1.807, 2.05) is 44.0 Å². The Bertz CT molecular complexity index is 1170. The summed E-state index contributed by atoms with van der Waals surface area (Å²) in [5.74, 6) is 0.718. The molecule has 7 nitrogen and oxygen atoms in total. The first-order chi connectivity index (χ1) is 14.3. The predicted molar refractivity (Wildman–Crippen MR) is 117 cm³/mol. The van der Waals surface area contributed by atoms with Crippen molar-refractivity contribution < 1.29 is 4.79 Å². The monoisotopic (exact) mass is 422 g/mol. The molecule has 1 aliphatic rings. The number of hydrogen-bond acceptors (Lipinski definition) is 5. The van der Waals surface area contributed by atoms with E-state index in [1.54, 1.807) is 13.1 Å². The van der Waals surface area contributed by atoms with Gasteiger partial charge in [-0.05, 0) is 38.5 Å². The molecule has 30 heavy (non-hydrogen) atoms. The van der Waals surface area contributed by atoms with Crippen LogP contribution in [-0.4, -0.2) is 50.9 Å². The van der Waals surface area contributed by atoms with Gasteiger partial charge in [0.2, 0.25) is 5.91 Å². The molecule has 1 amide bonds. The zero-order valence-corrected chi connectivity index (χ0v) is 18.2. The SMILES string of the molecule is CC(=O)N1[C@H](C)CN(c2nc(-c3c[nH]c4ncc(Cl)cc34)cc(C)c2C#N)C[C@@H]1C. The number of nitriles is 1. The van der Waals surface area contributed by atoms with E-state index in [2.05, 4.69) is 20.9 Å². The molecule has 4 rings (SSSR count). The summed E-state index contributed by atoms with van der Waals surface area (Å²) >= 11 is 6.16. The summed E-state index contributed by atoms with van der Waals surface area (Å²) in [6, 6.07) is 6.15. The van der Waals surface area contributed by atoms with E-state index < -0.39 is 0 Å². The molecule has 154 valence electrons. The highest BCUT2D eigenvalue weighted by Gasteiger charge is 2.33. The van der Waals surface area contributed by atoms with E-state index in [4.69, 9.17) is 16.6 Å². The Morgan fingerprint density at radius 3 is 2.63 bits per heavy atom. The summed E-state index contributed by atoms with van der Waals surface area (Å²) in [4.78, 5) is 28.4. The molecule has 1 fully saturated rings. The number of piperazine rings is 1. The largest absolute Gasteiger partial charge is 0.351 e. The number of carbonyl (C=O) groups excluding carboxylic acids is 1. The van der Waals surface area contributed by atoms with Gasteiger partial charge in [0.05, 0.1) is 16.3 Å². The molecule has 1 saturated heterocycles. The van der Waals surface area contributed by atoms with Crippen LogP contribution in [0.5, 0.6) is 0 Å². The van der Waals surface area contributed by atoms with Crippen molar-refractivity contribution >= 4 is 34.4 Å². The summed E-state index contributed by atoms with van der Waals surface area (Å²) in [7, 11) is 0. The Hall–Kier alpha value is -3.11. The second kappa shape index (κ2) is 7.62. The van der Waals surface area contributed by atoms with Gasteiger partial charge in [0, 0.05) is 55.4 Å². The van der Waals surface area contributed by atoms with Gasteiger partial charge in [0.25, 0.3) is 0 Å². The maximum Gasteiger partial charge on any atom is 0.220 e. The topological polar surface area (TPSA) is 88.9 Å². The van der Waals surface area contributed by atoms with Crippen molar-refractivity contribution in [3.8, 4) is 17.3 Å². The molecule has 0 aliphatic carbocycles. The number of aryl methyl sites for hydroxylation is 1. The number of aromatic nitrogens is 3. The van der Waals surface area contributed by atoms with Gasteiger partial charge in [-0.25, -0.2) is 9.97 Å². The van der Waals surface area contributed by atoms with Crippen LogP contribution in [0.4, 0.5) is 5.82 Å². The number of hydrogen-bond donors (Lipinski definition) is 1. The number of nitrogens with one attached hydrogen (secondary N) is 1. The predicted octanol–water partition coefficient (Wildman–Crippen LogP) is 3.90. The molecule has 0 bridgehead atoms. The Balaban J connectivity index is 1.81. The number of rotatable bonds is 2. The Morgan fingerprint density at radius 1 is 1.30 bits per heavy atom. The highest BCUT2D eigenvalue weighted by Crippen LogP contribution is 2.33. The van der Waals surface area contributed by atoms with Gasteiger partial charge in [-0.3, -0.25) is 4.79 Å². The van der Waals surface area contributed by atoms with Gasteiger partial charge in [-0.2, -0.15) is 5.26 Å². The highest BCUT2D eigenvalue weighted by molar-refractivity contribution is 6.31. The lowest BCUT2D eigenvalue weighted by Gasteiger charge is -2.44. The van der Waals surface area contributed by atoms with Crippen LogP contribution in [0.1, 0.15) is 31.9 Å². The van der Waals surface area contributed by atoms with Gasteiger partial charge < -0.3 is 14.8 Å². The van der Waals surface area contributed by atoms with Gasteiger partial charge in [-0.1, -0.05) is 11.6 Å². The Labute approximate surface area is 180 Å². The zero-order valence-electron chi connectivity index (χ0n) is 17.4. The first-order valence-electron chi connectivity index (χ1n) is 9.88. The van der Waals surface area contributed by atoms with Crippen molar-refractivity contribution in [2.24, 2.45) is 0 Å². The fraction of sp³-hybridized carbons (Fsp3) is 0.364. The number of halogens is 1. The number of amides is 1. The summed E-state index contributed by atoms with van der Waals surface area (Å²) in [5.41, 5.74) is 3.79. The number of anilines is 1. The molecule has 2 atom stereocenters. The molecule has 0 radical (unpaired) electrons. The minimum absolute atomic E-state index is 0.0275. The number of aromatic amines is 1. The Morgan fingerprint density at radius 2 is 2.00 bits per heavy atom. The summed E-state index contributed by atoms with van der Waals surface area (Å²) in [5, 5.41) is 11.3. The van der Waals surface area contributed by atoms with Crippen LogP contribution in [0.3, 0.4) is 0 Å². The molecule has 3 aromatic rings. The average Bonchev–Trinajstić information content (AvgIpc) is 3.09. The van der Waals surface area contributed by atoms with Gasteiger partial charge in [0.15, 0.2) is 0 Å². The van der Waals surface area contributed by atoms with Crippen LogP contribution in [0.25, 0.3) is 22.3 Å². The van der Waals surface area contributed by atoms with Crippen LogP contribution in [-0.2, 0) is 4.79 Å². The van der Waals surface area contributed by atoms with E-state index in [1.165, 1.54) is 0 Å². The van der Waals surface area contributed by atoms with Crippen molar-refractivity contribution in [3.05, 3.63) is 40.7 Å². The van der Waals surface area contributed by atoms with Gasteiger partial charge in [0.1, 0.15) is 17.5 Å². The third kappa shape index (κ3) is 3.37. The molecule has 1 aliphatic heterocycles. The van der Waals surface area contributed by atoms with Crippen molar-refractivity contribution in [1.82, 2.24) is 19.9 Å². The van der Waals surface area contributed by atoms with Crippen LogP contribution >= 0.6 is 11.6 Å². The number of pyridine rings is 2. The van der Waals surface area contributed by atoms with Crippen LogP contribution in [0.15, 0.2) is 24.5 Å². The van der Waals surface area contributed by atoms with Crippen LogP contribution in [0.2, 0.25) is 5.02 Å². The van der Waals surface area contributed by atoms with Crippen molar-refractivity contribution in [3.63, 3.8) is 0 Å². The highest BCUT2D eigenvalue weighted by atomic mass is 35.5. The summed E-state index contributed by atoms with van der Waals surface area (Å²) in [6.07, 6.45) is 3.47. The quantitative estimate of drug-likeness (QED) is 0.676. The zero-order chi connectivity index (χ0) is 21.6. The molecule has 4 heterocycles. The smallest absolute Gasteiger partial charge is 0.220 e. The van der Waals surface area contributed by atoms with Crippen molar-refractivity contribution in [2.75, 3.05) is 18.0 Å². The molecule has 0 unspecified atom stereocenters. The molecule has 0 saturated carbocycles. The minimum Gasteiger partial charge on any atom is -0.351 e. The van der Waals surface area contributed by atoms with E-state index in [0.29, 0.717) is 29.5 Å². The molecule has 8 heteroatoms. The van der Waals surface area contributed by atoms with E-state index in [0.717, 1.165) is 27.9 Å².